The van der Waals surface area contributed by atoms with Gasteiger partial charge in [0.05, 0.1) is 28.1 Å². The van der Waals surface area contributed by atoms with Crippen molar-refractivity contribution in [2.24, 2.45) is 14.1 Å². The Morgan fingerprint density at radius 3 is 2.60 bits per heavy atom. The molecule has 2 aromatic heterocycles. The van der Waals surface area contributed by atoms with Crippen LogP contribution in [0.15, 0.2) is 12.3 Å². The molecular formula is C14H22ClN5. The lowest BCUT2D eigenvalue weighted by Crippen LogP contribution is -2.27. The summed E-state index contributed by atoms with van der Waals surface area (Å²) in [5.74, 6) is 0. The highest BCUT2D eigenvalue weighted by atomic mass is 35.5. The first kappa shape index (κ1) is 15.1. The second-order valence-electron chi connectivity index (χ2n) is 5.06. The molecule has 20 heavy (non-hydrogen) atoms. The number of hydrogen-bond acceptors (Lipinski definition) is 3. The minimum atomic E-state index is 0.190. The van der Waals surface area contributed by atoms with E-state index in [0.717, 1.165) is 41.5 Å². The van der Waals surface area contributed by atoms with E-state index in [1.54, 1.807) is 0 Å². The molecule has 6 heteroatoms. The van der Waals surface area contributed by atoms with Gasteiger partial charge in [0.25, 0.3) is 0 Å². The van der Waals surface area contributed by atoms with Crippen molar-refractivity contribution in [3.63, 3.8) is 0 Å². The lowest BCUT2D eigenvalue weighted by atomic mass is 10.1. The summed E-state index contributed by atoms with van der Waals surface area (Å²) in [6.45, 7) is 5.06. The molecule has 2 aromatic rings. The molecule has 0 fully saturated rings. The lowest BCUT2D eigenvalue weighted by molar-refractivity contribution is 0.481. The molecule has 0 saturated heterocycles. The molecule has 2 heterocycles. The third-order valence-corrected chi connectivity index (χ3v) is 4.01. The van der Waals surface area contributed by atoms with Gasteiger partial charge in [0, 0.05) is 26.7 Å². The van der Waals surface area contributed by atoms with E-state index in [-0.39, 0.29) is 6.04 Å². The lowest BCUT2D eigenvalue weighted by Gasteiger charge is -2.19. The maximum absolute atomic E-state index is 6.36. The van der Waals surface area contributed by atoms with E-state index in [9.17, 15) is 0 Å². The minimum Gasteiger partial charge on any atom is -0.308 e. The Balaban J connectivity index is 2.26. The Bertz CT molecular complexity index is 572. The van der Waals surface area contributed by atoms with E-state index in [1.165, 1.54) is 0 Å². The van der Waals surface area contributed by atoms with Crippen molar-refractivity contribution < 1.29 is 0 Å². The van der Waals surface area contributed by atoms with Crippen LogP contribution in [0.4, 0.5) is 0 Å². The van der Waals surface area contributed by atoms with Gasteiger partial charge in [0.2, 0.25) is 0 Å². The van der Waals surface area contributed by atoms with E-state index in [1.807, 2.05) is 42.6 Å². The van der Waals surface area contributed by atoms with E-state index in [4.69, 9.17) is 11.6 Å². The number of hydrogen-bond donors (Lipinski definition) is 1. The van der Waals surface area contributed by atoms with Crippen LogP contribution >= 0.6 is 11.6 Å². The van der Waals surface area contributed by atoms with Gasteiger partial charge in [-0.25, -0.2) is 0 Å². The maximum Gasteiger partial charge on any atom is 0.0847 e. The first-order valence-electron chi connectivity index (χ1n) is 6.93. The smallest absolute Gasteiger partial charge is 0.0847 e. The molecule has 1 atom stereocenters. The summed E-state index contributed by atoms with van der Waals surface area (Å²) in [6, 6.07) is 2.24. The number of aryl methyl sites for hydroxylation is 3. The average molecular weight is 296 g/mol. The van der Waals surface area contributed by atoms with Gasteiger partial charge in [0.15, 0.2) is 0 Å². The number of nitrogens with one attached hydrogen (secondary N) is 1. The van der Waals surface area contributed by atoms with Crippen LogP contribution in [0.3, 0.4) is 0 Å². The average Bonchev–Trinajstić information content (AvgIpc) is 2.93. The number of rotatable bonds is 6. The topological polar surface area (TPSA) is 47.7 Å². The third kappa shape index (κ3) is 3.04. The van der Waals surface area contributed by atoms with Crippen molar-refractivity contribution in [1.29, 1.82) is 0 Å². The van der Waals surface area contributed by atoms with E-state index in [0.29, 0.717) is 0 Å². The van der Waals surface area contributed by atoms with Crippen LogP contribution in [0.5, 0.6) is 0 Å². The van der Waals surface area contributed by atoms with Crippen LogP contribution < -0.4 is 5.32 Å². The molecule has 0 amide bonds. The second-order valence-corrected chi connectivity index (χ2v) is 5.44. The highest BCUT2D eigenvalue weighted by molar-refractivity contribution is 6.31. The first-order chi connectivity index (χ1) is 9.54. The molecule has 0 spiro atoms. The predicted octanol–water partition coefficient (Wildman–Crippen LogP) is 2.40. The van der Waals surface area contributed by atoms with Crippen molar-refractivity contribution >= 4 is 11.6 Å². The summed E-state index contributed by atoms with van der Waals surface area (Å²) in [5.41, 5.74) is 3.09. The molecular weight excluding hydrogens is 274 g/mol. The summed E-state index contributed by atoms with van der Waals surface area (Å²) in [4.78, 5) is 0. The molecule has 0 radical (unpaired) electrons. The van der Waals surface area contributed by atoms with Gasteiger partial charge < -0.3 is 5.32 Å². The number of nitrogens with zero attached hydrogens (tertiary/aromatic N) is 4. The fourth-order valence-electron chi connectivity index (χ4n) is 2.42. The zero-order valence-electron chi connectivity index (χ0n) is 12.5. The van der Waals surface area contributed by atoms with Crippen LogP contribution in [-0.2, 0) is 20.5 Å². The molecule has 0 aliphatic heterocycles. The fraction of sp³-hybridized carbons (Fsp3) is 0.571. The van der Waals surface area contributed by atoms with Crippen molar-refractivity contribution in [2.75, 3.05) is 6.54 Å². The Morgan fingerprint density at radius 2 is 2.10 bits per heavy atom. The second kappa shape index (κ2) is 6.41. The van der Waals surface area contributed by atoms with Gasteiger partial charge in [-0.1, -0.05) is 18.5 Å². The Kier molecular flexibility index (Phi) is 4.83. The molecule has 0 aliphatic rings. The highest BCUT2D eigenvalue weighted by Crippen LogP contribution is 2.25. The molecule has 0 saturated carbocycles. The van der Waals surface area contributed by atoms with Crippen molar-refractivity contribution in [2.45, 2.75) is 32.7 Å². The van der Waals surface area contributed by atoms with Crippen LogP contribution in [-0.4, -0.2) is 26.1 Å². The molecule has 2 rings (SSSR count). The molecule has 5 nitrogen and oxygen atoms in total. The summed E-state index contributed by atoms with van der Waals surface area (Å²) in [6.07, 6.45) is 3.72. The SMILES string of the molecule is CCCNC(Cc1c(Cl)c(C)nn1C)c1ccnn1C. The van der Waals surface area contributed by atoms with Crippen LogP contribution in [0.1, 0.15) is 36.5 Å². The van der Waals surface area contributed by atoms with Gasteiger partial charge in [-0.15, -0.1) is 0 Å². The fourth-order valence-corrected chi connectivity index (χ4v) is 2.66. The van der Waals surface area contributed by atoms with Crippen LogP contribution in [0.25, 0.3) is 0 Å². The monoisotopic (exact) mass is 295 g/mol. The summed E-state index contributed by atoms with van der Waals surface area (Å²) in [7, 11) is 3.90. The zero-order chi connectivity index (χ0) is 14.7. The molecule has 1 unspecified atom stereocenters. The quantitative estimate of drug-likeness (QED) is 0.890. The van der Waals surface area contributed by atoms with Crippen LogP contribution in [0.2, 0.25) is 5.02 Å². The standard InChI is InChI=1S/C14H22ClN5/c1-5-7-16-11(12-6-8-17-19(12)3)9-13-14(15)10(2)18-20(13)4/h6,8,11,16H,5,7,9H2,1-4H3. The first-order valence-corrected chi connectivity index (χ1v) is 7.31. The molecule has 0 aliphatic carbocycles. The van der Waals surface area contributed by atoms with E-state index < -0.39 is 0 Å². The number of halogens is 1. The van der Waals surface area contributed by atoms with Gasteiger partial charge in [-0.2, -0.15) is 10.2 Å². The van der Waals surface area contributed by atoms with Gasteiger partial charge in [-0.3, -0.25) is 9.36 Å². The van der Waals surface area contributed by atoms with Gasteiger partial charge in [0.1, 0.15) is 0 Å². The summed E-state index contributed by atoms with van der Waals surface area (Å²) in [5, 5.41) is 13.0. The number of aromatic nitrogens is 4. The summed E-state index contributed by atoms with van der Waals surface area (Å²) < 4.78 is 3.78. The molecule has 110 valence electrons. The van der Waals surface area contributed by atoms with Crippen molar-refractivity contribution in [3.05, 3.63) is 34.4 Å². The third-order valence-electron chi connectivity index (χ3n) is 3.52. The Labute approximate surface area is 124 Å². The normalized spacial score (nSPS) is 12.8. The molecule has 1 N–H and O–H groups in total. The summed E-state index contributed by atoms with van der Waals surface area (Å²) >= 11 is 6.36. The van der Waals surface area contributed by atoms with Gasteiger partial charge in [-0.05, 0) is 26.0 Å². The largest absolute Gasteiger partial charge is 0.308 e. The predicted molar refractivity (Wildman–Crippen MR) is 80.9 cm³/mol. The van der Waals surface area contributed by atoms with E-state index in [2.05, 4.69) is 22.4 Å². The van der Waals surface area contributed by atoms with Gasteiger partial charge >= 0.3 is 0 Å². The Hall–Kier alpha value is -1.33. The maximum atomic E-state index is 6.36. The van der Waals surface area contributed by atoms with E-state index >= 15 is 0 Å². The zero-order valence-corrected chi connectivity index (χ0v) is 13.3. The highest BCUT2D eigenvalue weighted by Gasteiger charge is 2.20. The van der Waals surface area contributed by atoms with Crippen LogP contribution in [0, 0.1) is 6.92 Å². The minimum absolute atomic E-state index is 0.190. The molecule has 0 bridgehead atoms. The Morgan fingerprint density at radius 1 is 1.35 bits per heavy atom. The van der Waals surface area contributed by atoms with Crippen molar-refractivity contribution in [3.8, 4) is 0 Å². The molecule has 0 aromatic carbocycles. The van der Waals surface area contributed by atoms with Crippen molar-refractivity contribution in [1.82, 2.24) is 24.9 Å².